The van der Waals surface area contributed by atoms with E-state index in [4.69, 9.17) is 34.7 Å². The van der Waals surface area contributed by atoms with Crippen molar-refractivity contribution in [2.75, 3.05) is 23.7 Å². The van der Waals surface area contributed by atoms with E-state index in [1.54, 1.807) is 6.07 Å². The van der Waals surface area contributed by atoms with Gasteiger partial charge in [0.25, 0.3) is 0 Å². The summed E-state index contributed by atoms with van der Waals surface area (Å²) in [5.41, 5.74) is 14.3. The number of halogens is 2. The fraction of sp³-hybridized carbons (Fsp3) is 0.412. The number of aryl methyl sites for hydroxylation is 1. The summed E-state index contributed by atoms with van der Waals surface area (Å²) in [4.78, 5) is 11.4. The molecule has 2 heterocycles. The van der Waals surface area contributed by atoms with Gasteiger partial charge in [0.1, 0.15) is 5.69 Å². The monoisotopic (exact) mass is 365 g/mol. The van der Waals surface area contributed by atoms with Crippen LogP contribution in [0.25, 0.3) is 11.3 Å². The zero-order chi connectivity index (χ0) is 17.5. The minimum Gasteiger partial charge on any atom is -0.382 e. The first-order chi connectivity index (χ1) is 11.3. The van der Waals surface area contributed by atoms with Gasteiger partial charge >= 0.3 is 0 Å². The predicted octanol–water partition coefficient (Wildman–Crippen LogP) is 3.66. The quantitative estimate of drug-likeness (QED) is 0.848. The number of nitrogen functional groups attached to an aromatic ring is 1. The Hall–Kier alpha value is -1.56. The number of nitrogens with zero attached hydrogens (tertiary/aromatic N) is 3. The van der Waals surface area contributed by atoms with E-state index in [0.717, 1.165) is 37.4 Å². The van der Waals surface area contributed by atoms with E-state index < -0.39 is 0 Å². The van der Waals surface area contributed by atoms with Crippen LogP contribution in [0.3, 0.4) is 0 Å². The highest BCUT2D eigenvalue weighted by molar-refractivity contribution is 6.43. The van der Waals surface area contributed by atoms with Crippen molar-refractivity contribution in [1.29, 1.82) is 0 Å². The van der Waals surface area contributed by atoms with Crippen LogP contribution in [0.2, 0.25) is 10.0 Å². The molecule has 24 heavy (non-hydrogen) atoms. The molecular formula is C17H21Cl2N5. The smallest absolute Gasteiger partial charge is 0.152 e. The third kappa shape index (κ3) is 3.29. The van der Waals surface area contributed by atoms with Crippen LogP contribution in [0, 0.1) is 6.92 Å². The lowest BCUT2D eigenvalue weighted by Crippen LogP contribution is -2.48. The lowest BCUT2D eigenvalue weighted by atomic mass is 9.91. The van der Waals surface area contributed by atoms with Crippen LogP contribution in [0.15, 0.2) is 18.2 Å². The van der Waals surface area contributed by atoms with Gasteiger partial charge in [-0.3, -0.25) is 0 Å². The van der Waals surface area contributed by atoms with E-state index in [1.807, 2.05) is 19.1 Å². The van der Waals surface area contributed by atoms with Crippen LogP contribution in [-0.4, -0.2) is 28.6 Å². The molecule has 1 fully saturated rings. The zero-order valence-electron chi connectivity index (χ0n) is 13.8. The van der Waals surface area contributed by atoms with Crippen LogP contribution in [0.1, 0.15) is 25.5 Å². The summed E-state index contributed by atoms with van der Waals surface area (Å²) in [5, 5.41) is 0.902. The Morgan fingerprint density at radius 1 is 1.17 bits per heavy atom. The third-order valence-corrected chi connectivity index (χ3v) is 5.30. The molecule has 0 amide bonds. The molecule has 1 aromatic carbocycles. The summed E-state index contributed by atoms with van der Waals surface area (Å²) in [5.74, 6) is 1.16. The molecule has 4 N–H and O–H groups in total. The topological polar surface area (TPSA) is 81.1 Å². The maximum atomic E-state index is 6.29. The molecular weight excluding hydrogens is 345 g/mol. The first kappa shape index (κ1) is 17.3. The van der Waals surface area contributed by atoms with Crippen molar-refractivity contribution >= 4 is 34.8 Å². The Balaban J connectivity index is 1.96. The number of rotatable bonds is 2. The number of piperidine rings is 1. The second-order valence-corrected chi connectivity index (χ2v) is 7.39. The molecule has 0 unspecified atom stereocenters. The van der Waals surface area contributed by atoms with Crippen LogP contribution in [0.5, 0.6) is 0 Å². The number of benzene rings is 1. The molecule has 0 aliphatic carbocycles. The summed E-state index contributed by atoms with van der Waals surface area (Å²) < 4.78 is 0. The largest absolute Gasteiger partial charge is 0.382 e. The van der Waals surface area contributed by atoms with Gasteiger partial charge in [-0.15, -0.1) is 0 Å². The lowest BCUT2D eigenvalue weighted by molar-refractivity contribution is 0.362. The summed E-state index contributed by atoms with van der Waals surface area (Å²) >= 11 is 12.4. The standard InChI is InChI=1S/C17H21Cl2N5/c1-10-16(24-8-6-17(2,21)7-9-24)23-15(20)14(22-10)11-4-3-5-12(18)13(11)19/h3-5H,6-9,21H2,1-2H3,(H2,20,23). The van der Waals surface area contributed by atoms with E-state index in [9.17, 15) is 0 Å². The van der Waals surface area contributed by atoms with E-state index in [0.29, 0.717) is 27.1 Å². The Morgan fingerprint density at radius 2 is 1.83 bits per heavy atom. The molecule has 1 aromatic heterocycles. The highest BCUT2D eigenvalue weighted by atomic mass is 35.5. The van der Waals surface area contributed by atoms with Gasteiger partial charge in [0.2, 0.25) is 0 Å². The normalized spacial score (nSPS) is 17.1. The van der Waals surface area contributed by atoms with Gasteiger partial charge in [-0.1, -0.05) is 35.3 Å². The van der Waals surface area contributed by atoms with Gasteiger partial charge in [-0.2, -0.15) is 0 Å². The highest BCUT2D eigenvalue weighted by Crippen LogP contribution is 2.36. The zero-order valence-corrected chi connectivity index (χ0v) is 15.3. The fourth-order valence-electron chi connectivity index (χ4n) is 2.94. The summed E-state index contributed by atoms with van der Waals surface area (Å²) in [6.07, 6.45) is 1.83. The van der Waals surface area contributed by atoms with E-state index in [-0.39, 0.29) is 5.54 Å². The summed E-state index contributed by atoms with van der Waals surface area (Å²) in [7, 11) is 0. The van der Waals surface area contributed by atoms with Gasteiger partial charge < -0.3 is 16.4 Å². The van der Waals surface area contributed by atoms with Crippen molar-refractivity contribution in [2.24, 2.45) is 5.73 Å². The van der Waals surface area contributed by atoms with Crippen LogP contribution in [0.4, 0.5) is 11.6 Å². The number of anilines is 2. The molecule has 0 radical (unpaired) electrons. The van der Waals surface area contributed by atoms with Crippen molar-refractivity contribution in [3.8, 4) is 11.3 Å². The Bertz CT molecular complexity index is 766. The van der Waals surface area contributed by atoms with Crippen molar-refractivity contribution in [3.63, 3.8) is 0 Å². The number of aromatic nitrogens is 2. The molecule has 2 aromatic rings. The molecule has 3 rings (SSSR count). The molecule has 7 heteroatoms. The third-order valence-electron chi connectivity index (χ3n) is 4.48. The van der Waals surface area contributed by atoms with Crippen molar-refractivity contribution < 1.29 is 0 Å². The molecule has 5 nitrogen and oxygen atoms in total. The van der Waals surface area contributed by atoms with Gasteiger partial charge in [0.15, 0.2) is 11.6 Å². The molecule has 0 bridgehead atoms. The number of hydrogen-bond donors (Lipinski definition) is 2. The average Bonchev–Trinajstić information content (AvgIpc) is 2.52. The lowest BCUT2D eigenvalue weighted by Gasteiger charge is -2.37. The predicted molar refractivity (Wildman–Crippen MR) is 101 cm³/mol. The molecule has 1 saturated heterocycles. The van der Waals surface area contributed by atoms with Crippen molar-refractivity contribution in [3.05, 3.63) is 33.9 Å². The summed E-state index contributed by atoms with van der Waals surface area (Å²) in [6.45, 7) is 5.71. The second-order valence-electron chi connectivity index (χ2n) is 6.61. The maximum absolute atomic E-state index is 6.29. The molecule has 128 valence electrons. The Kier molecular flexibility index (Phi) is 4.60. The SMILES string of the molecule is Cc1nc(-c2cccc(Cl)c2Cl)c(N)nc1N1CCC(C)(N)CC1. The van der Waals surface area contributed by atoms with E-state index >= 15 is 0 Å². The molecule has 1 aliphatic rings. The van der Waals surface area contributed by atoms with Gasteiger partial charge in [-0.25, -0.2) is 9.97 Å². The maximum Gasteiger partial charge on any atom is 0.152 e. The second kappa shape index (κ2) is 6.39. The average molecular weight is 366 g/mol. The first-order valence-corrected chi connectivity index (χ1v) is 8.66. The minimum atomic E-state index is -0.113. The van der Waals surface area contributed by atoms with Gasteiger partial charge in [-0.05, 0) is 32.8 Å². The first-order valence-electron chi connectivity index (χ1n) is 7.91. The number of nitrogens with two attached hydrogens (primary N) is 2. The van der Waals surface area contributed by atoms with Crippen molar-refractivity contribution in [2.45, 2.75) is 32.2 Å². The van der Waals surface area contributed by atoms with Gasteiger partial charge in [0, 0.05) is 24.2 Å². The minimum absolute atomic E-state index is 0.113. The van der Waals surface area contributed by atoms with Gasteiger partial charge in [0.05, 0.1) is 15.7 Å². The van der Waals surface area contributed by atoms with Crippen LogP contribution < -0.4 is 16.4 Å². The van der Waals surface area contributed by atoms with Crippen LogP contribution in [-0.2, 0) is 0 Å². The summed E-state index contributed by atoms with van der Waals surface area (Å²) in [6, 6.07) is 5.39. The number of hydrogen-bond acceptors (Lipinski definition) is 5. The van der Waals surface area contributed by atoms with Crippen molar-refractivity contribution in [1.82, 2.24) is 9.97 Å². The molecule has 0 spiro atoms. The molecule has 1 aliphatic heterocycles. The highest BCUT2D eigenvalue weighted by Gasteiger charge is 2.28. The van der Waals surface area contributed by atoms with Crippen LogP contribution >= 0.6 is 23.2 Å². The fourth-order valence-corrected chi connectivity index (χ4v) is 3.33. The van der Waals surface area contributed by atoms with E-state index in [2.05, 4.69) is 21.8 Å². The molecule has 0 saturated carbocycles. The van der Waals surface area contributed by atoms with E-state index in [1.165, 1.54) is 0 Å². The Morgan fingerprint density at radius 3 is 2.50 bits per heavy atom. The Labute approximate surface area is 152 Å². The molecule has 0 atom stereocenters.